The second-order valence-electron chi connectivity index (χ2n) is 8.81. The molecule has 1 amide bonds. The lowest BCUT2D eigenvalue weighted by atomic mass is 10.0. The highest BCUT2D eigenvalue weighted by Crippen LogP contribution is 2.20. The number of ether oxygens (including phenoxy) is 1. The summed E-state index contributed by atoms with van der Waals surface area (Å²) in [6, 6.07) is 33.8. The van der Waals surface area contributed by atoms with Gasteiger partial charge in [-0.3, -0.25) is 4.79 Å². The van der Waals surface area contributed by atoms with Crippen molar-refractivity contribution in [2.45, 2.75) is 19.4 Å². The third kappa shape index (κ3) is 6.38. The Kier molecular flexibility index (Phi) is 7.82. The number of para-hydroxylation sites is 2. The van der Waals surface area contributed by atoms with E-state index in [0.717, 1.165) is 33.7 Å². The van der Waals surface area contributed by atoms with E-state index in [1.807, 2.05) is 72.8 Å². The normalized spacial score (nSPS) is 10.9. The molecule has 0 aliphatic heterocycles. The fourth-order valence-corrected chi connectivity index (χ4v) is 4.48. The molecule has 0 atom stereocenters. The Morgan fingerprint density at radius 1 is 0.838 bits per heavy atom. The van der Waals surface area contributed by atoms with Crippen molar-refractivity contribution in [2.75, 3.05) is 13.2 Å². The molecule has 4 aromatic carbocycles. The van der Waals surface area contributed by atoms with Crippen molar-refractivity contribution < 1.29 is 9.53 Å². The van der Waals surface area contributed by atoms with Crippen LogP contribution in [0.5, 0.6) is 5.75 Å². The van der Waals surface area contributed by atoms with Gasteiger partial charge in [0.2, 0.25) is 5.91 Å². The summed E-state index contributed by atoms with van der Waals surface area (Å²) in [7, 11) is 0. The highest BCUT2D eigenvalue weighted by Gasteiger charge is 2.11. The van der Waals surface area contributed by atoms with E-state index >= 15 is 0 Å². The van der Waals surface area contributed by atoms with Crippen molar-refractivity contribution in [3.8, 4) is 16.9 Å². The number of hydrogen-bond acceptors (Lipinski definition) is 3. The molecule has 0 saturated carbocycles. The van der Waals surface area contributed by atoms with Crippen molar-refractivity contribution >= 4 is 28.5 Å². The van der Waals surface area contributed by atoms with E-state index in [0.29, 0.717) is 37.6 Å². The molecule has 37 heavy (non-hydrogen) atoms. The van der Waals surface area contributed by atoms with Gasteiger partial charge in [-0.2, -0.15) is 0 Å². The fourth-order valence-electron chi connectivity index (χ4n) is 4.36. The van der Waals surface area contributed by atoms with Crippen molar-refractivity contribution in [3.05, 3.63) is 120 Å². The number of nitrogens with zero attached hydrogens (tertiary/aromatic N) is 2. The minimum absolute atomic E-state index is 0.00111. The van der Waals surface area contributed by atoms with Gasteiger partial charge in [-0.15, -0.1) is 0 Å². The second kappa shape index (κ2) is 11.8. The molecule has 5 rings (SSSR count). The van der Waals surface area contributed by atoms with Gasteiger partial charge < -0.3 is 14.6 Å². The predicted octanol–water partition coefficient (Wildman–Crippen LogP) is 6.34. The Hall–Kier alpha value is -4.09. The summed E-state index contributed by atoms with van der Waals surface area (Å²) in [5, 5.41) is 3.73. The van der Waals surface area contributed by atoms with Crippen molar-refractivity contribution in [2.24, 2.45) is 0 Å². The smallest absolute Gasteiger partial charge is 0.224 e. The lowest BCUT2D eigenvalue weighted by molar-refractivity contribution is -0.120. The van der Waals surface area contributed by atoms with Gasteiger partial charge in [-0.1, -0.05) is 78.3 Å². The number of imidazole rings is 1. The van der Waals surface area contributed by atoms with E-state index in [-0.39, 0.29) is 5.91 Å². The second-order valence-corrected chi connectivity index (χ2v) is 9.25. The van der Waals surface area contributed by atoms with Gasteiger partial charge in [0.15, 0.2) is 0 Å². The van der Waals surface area contributed by atoms with Crippen LogP contribution in [0, 0.1) is 0 Å². The summed E-state index contributed by atoms with van der Waals surface area (Å²) >= 11 is 5.96. The maximum Gasteiger partial charge on any atom is 0.224 e. The lowest BCUT2D eigenvalue weighted by Crippen LogP contribution is -2.28. The van der Waals surface area contributed by atoms with E-state index < -0.39 is 0 Å². The van der Waals surface area contributed by atoms with Crippen molar-refractivity contribution in [3.63, 3.8) is 0 Å². The topological polar surface area (TPSA) is 56.2 Å². The molecule has 6 heteroatoms. The molecule has 0 aliphatic rings. The van der Waals surface area contributed by atoms with Gasteiger partial charge in [0.25, 0.3) is 0 Å². The summed E-state index contributed by atoms with van der Waals surface area (Å²) < 4.78 is 8.07. The summed E-state index contributed by atoms with van der Waals surface area (Å²) in [6.45, 7) is 1.67. The monoisotopic (exact) mass is 509 g/mol. The first-order chi connectivity index (χ1) is 18.2. The standard InChI is InChI=1S/C31H28ClN3O2/c32-26-14-16-27(17-15-26)37-21-20-35-29-9-5-4-8-28(29)34-30(35)18-19-33-31(36)22-23-10-12-25(13-11-23)24-6-2-1-3-7-24/h1-17H,18-22H2,(H,33,36). The Labute approximate surface area is 221 Å². The van der Waals surface area contributed by atoms with Crippen LogP contribution in [-0.2, 0) is 24.2 Å². The number of carbonyl (C=O) groups excluding carboxylic acids is 1. The first-order valence-corrected chi connectivity index (χ1v) is 12.8. The molecule has 1 N–H and O–H groups in total. The summed E-state index contributed by atoms with van der Waals surface area (Å²) in [5.41, 5.74) is 5.29. The van der Waals surface area contributed by atoms with Crippen molar-refractivity contribution in [1.29, 1.82) is 0 Å². The average Bonchev–Trinajstić information content (AvgIpc) is 3.28. The highest BCUT2D eigenvalue weighted by molar-refractivity contribution is 6.30. The summed E-state index contributed by atoms with van der Waals surface area (Å²) in [6.07, 6.45) is 0.981. The molecule has 0 fully saturated rings. The molecule has 1 aromatic heterocycles. The van der Waals surface area contributed by atoms with Crippen LogP contribution >= 0.6 is 11.6 Å². The molecule has 1 heterocycles. The Bertz CT molecular complexity index is 1460. The van der Waals surface area contributed by atoms with E-state index in [9.17, 15) is 4.79 Å². The van der Waals surface area contributed by atoms with Crippen molar-refractivity contribution in [1.82, 2.24) is 14.9 Å². The quantitative estimate of drug-likeness (QED) is 0.239. The number of hydrogen-bond donors (Lipinski definition) is 1. The van der Waals surface area contributed by atoms with Gasteiger partial charge in [0, 0.05) is 18.0 Å². The minimum Gasteiger partial charge on any atom is -0.492 e. The Balaban J connectivity index is 1.16. The first kappa shape index (κ1) is 24.6. The number of fused-ring (bicyclic) bond motifs is 1. The number of aromatic nitrogens is 2. The van der Waals surface area contributed by atoms with Gasteiger partial charge in [-0.25, -0.2) is 4.98 Å². The third-order valence-corrected chi connectivity index (χ3v) is 6.48. The van der Waals surface area contributed by atoms with E-state index in [2.05, 4.69) is 40.2 Å². The average molecular weight is 510 g/mol. The largest absolute Gasteiger partial charge is 0.492 e. The summed E-state index contributed by atoms with van der Waals surface area (Å²) in [4.78, 5) is 17.4. The number of nitrogens with one attached hydrogen (secondary N) is 1. The van der Waals surface area contributed by atoms with E-state index in [4.69, 9.17) is 21.3 Å². The molecule has 0 unspecified atom stereocenters. The molecule has 0 radical (unpaired) electrons. The SMILES string of the molecule is O=C(Cc1ccc(-c2ccccc2)cc1)NCCc1nc2ccccc2n1CCOc1ccc(Cl)cc1. The van der Waals surface area contributed by atoms with Crippen LogP contribution in [0.25, 0.3) is 22.2 Å². The predicted molar refractivity (Wildman–Crippen MR) is 149 cm³/mol. The molecule has 0 spiro atoms. The van der Waals surface area contributed by atoms with Gasteiger partial charge in [0.05, 0.1) is 24.0 Å². The highest BCUT2D eigenvalue weighted by atomic mass is 35.5. The molecule has 5 nitrogen and oxygen atoms in total. The molecule has 186 valence electrons. The molecule has 0 bridgehead atoms. The van der Waals surface area contributed by atoms with Crippen LogP contribution < -0.4 is 10.1 Å². The van der Waals surface area contributed by atoms with E-state index in [1.165, 1.54) is 5.56 Å². The number of carbonyl (C=O) groups is 1. The van der Waals surface area contributed by atoms with Crippen LogP contribution in [0.2, 0.25) is 5.02 Å². The zero-order valence-corrected chi connectivity index (χ0v) is 21.2. The minimum atomic E-state index is 0.00111. The lowest BCUT2D eigenvalue weighted by Gasteiger charge is -2.11. The van der Waals surface area contributed by atoms with Crippen LogP contribution in [0.15, 0.2) is 103 Å². The Morgan fingerprint density at radius 2 is 1.54 bits per heavy atom. The molecular weight excluding hydrogens is 482 g/mol. The zero-order chi connectivity index (χ0) is 25.5. The Morgan fingerprint density at radius 3 is 2.32 bits per heavy atom. The number of halogens is 1. The van der Waals surface area contributed by atoms with E-state index in [1.54, 1.807) is 0 Å². The van der Waals surface area contributed by atoms with Crippen LogP contribution in [-0.4, -0.2) is 28.6 Å². The fraction of sp³-hybridized carbons (Fsp3) is 0.161. The maximum atomic E-state index is 12.6. The maximum absolute atomic E-state index is 12.6. The molecule has 5 aromatic rings. The van der Waals surface area contributed by atoms with Gasteiger partial charge in [-0.05, 0) is 53.1 Å². The summed E-state index contributed by atoms with van der Waals surface area (Å²) in [5.74, 6) is 1.70. The van der Waals surface area contributed by atoms with Gasteiger partial charge >= 0.3 is 0 Å². The van der Waals surface area contributed by atoms with Crippen LogP contribution in [0.4, 0.5) is 0 Å². The number of benzene rings is 4. The number of rotatable bonds is 10. The third-order valence-electron chi connectivity index (χ3n) is 6.23. The zero-order valence-electron chi connectivity index (χ0n) is 20.4. The van der Waals surface area contributed by atoms with Crippen LogP contribution in [0.1, 0.15) is 11.4 Å². The van der Waals surface area contributed by atoms with Crippen LogP contribution in [0.3, 0.4) is 0 Å². The number of amides is 1. The van der Waals surface area contributed by atoms with Gasteiger partial charge in [0.1, 0.15) is 18.2 Å². The molecule has 0 aliphatic carbocycles. The molecular formula is C31H28ClN3O2. The first-order valence-electron chi connectivity index (χ1n) is 12.4. The molecule has 0 saturated heterocycles.